The van der Waals surface area contributed by atoms with Crippen LogP contribution < -0.4 is 5.32 Å². The van der Waals surface area contributed by atoms with E-state index in [1.165, 1.54) is 17.4 Å². The molecular formula is C18H21FN2O2S. The molecule has 0 bridgehead atoms. The van der Waals surface area contributed by atoms with Crippen LogP contribution in [0.3, 0.4) is 0 Å². The van der Waals surface area contributed by atoms with Crippen LogP contribution >= 0.6 is 11.3 Å². The van der Waals surface area contributed by atoms with Gasteiger partial charge in [-0.05, 0) is 38.8 Å². The SMILES string of the molecule is Cc1nc(-c2ccccc2F)sc1[C@@H](C)NC(=O)C1CCOCC1. The van der Waals surface area contributed by atoms with Crippen molar-refractivity contribution in [3.05, 3.63) is 40.7 Å². The van der Waals surface area contributed by atoms with Gasteiger partial charge in [0.05, 0.1) is 16.6 Å². The molecule has 0 saturated carbocycles. The number of nitrogens with zero attached hydrogens (tertiary/aromatic N) is 1. The summed E-state index contributed by atoms with van der Waals surface area (Å²) in [4.78, 5) is 17.8. The lowest BCUT2D eigenvalue weighted by Crippen LogP contribution is -2.35. The molecule has 1 aromatic heterocycles. The van der Waals surface area contributed by atoms with Crippen molar-refractivity contribution in [2.24, 2.45) is 5.92 Å². The number of aryl methyl sites for hydroxylation is 1. The van der Waals surface area contributed by atoms with Crippen molar-refractivity contribution in [3.63, 3.8) is 0 Å². The highest BCUT2D eigenvalue weighted by molar-refractivity contribution is 7.15. The standard InChI is InChI=1S/C18H21FN2O2S/c1-11(20-17(22)13-7-9-23-10-8-13)16-12(2)21-18(24-16)14-5-3-4-6-15(14)19/h3-6,11,13H,7-10H2,1-2H3,(H,20,22)/t11-/m1/s1. The van der Waals surface area contributed by atoms with Gasteiger partial charge >= 0.3 is 0 Å². The number of rotatable bonds is 4. The van der Waals surface area contributed by atoms with E-state index < -0.39 is 0 Å². The van der Waals surface area contributed by atoms with Crippen LogP contribution in [0.2, 0.25) is 0 Å². The number of aromatic nitrogens is 1. The molecule has 2 aromatic rings. The Kier molecular flexibility index (Phi) is 5.26. The summed E-state index contributed by atoms with van der Waals surface area (Å²) in [7, 11) is 0. The monoisotopic (exact) mass is 348 g/mol. The number of ether oxygens (including phenoxy) is 1. The predicted octanol–water partition coefficient (Wildman–Crippen LogP) is 3.86. The minimum atomic E-state index is -0.281. The van der Waals surface area contributed by atoms with E-state index in [9.17, 15) is 9.18 Å². The number of halogens is 1. The van der Waals surface area contributed by atoms with Crippen LogP contribution in [0.15, 0.2) is 24.3 Å². The van der Waals surface area contributed by atoms with Crippen molar-refractivity contribution in [3.8, 4) is 10.6 Å². The first-order valence-electron chi connectivity index (χ1n) is 8.16. The highest BCUT2D eigenvalue weighted by Crippen LogP contribution is 2.33. The molecule has 128 valence electrons. The number of hydrogen-bond acceptors (Lipinski definition) is 4. The fourth-order valence-electron chi connectivity index (χ4n) is 2.92. The number of carbonyl (C=O) groups excluding carboxylic acids is 1. The maximum atomic E-state index is 14.0. The van der Waals surface area contributed by atoms with Crippen LogP contribution in [0.1, 0.15) is 36.4 Å². The number of hydrogen-bond donors (Lipinski definition) is 1. The van der Waals surface area contributed by atoms with Crippen molar-refractivity contribution in [1.29, 1.82) is 0 Å². The van der Waals surface area contributed by atoms with E-state index in [2.05, 4.69) is 10.3 Å². The van der Waals surface area contributed by atoms with Crippen LogP contribution in [0, 0.1) is 18.7 Å². The summed E-state index contributed by atoms with van der Waals surface area (Å²) in [5.41, 5.74) is 1.33. The normalized spacial score (nSPS) is 16.8. The number of benzene rings is 1. The van der Waals surface area contributed by atoms with Gasteiger partial charge in [0.25, 0.3) is 0 Å². The zero-order chi connectivity index (χ0) is 17.1. The van der Waals surface area contributed by atoms with Crippen LogP contribution in [0.5, 0.6) is 0 Å². The van der Waals surface area contributed by atoms with E-state index in [0.29, 0.717) is 23.8 Å². The Hall–Kier alpha value is -1.79. The molecule has 1 fully saturated rings. The lowest BCUT2D eigenvalue weighted by Gasteiger charge is -2.23. The molecule has 0 unspecified atom stereocenters. The molecular weight excluding hydrogens is 327 g/mol. The second-order valence-electron chi connectivity index (χ2n) is 6.07. The van der Waals surface area contributed by atoms with Gasteiger partial charge in [0, 0.05) is 24.7 Å². The molecule has 4 nitrogen and oxygen atoms in total. The second-order valence-corrected chi connectivity index (χ2v) is 7.10. The Balaban J connectivity index is 1.74. The quantitative estimate of drug-likeness (QED) is 0.913. The fraction of sp³-hybridized carbons (Fsp3) is 0.444. The van der Waals surface area contributed by atoms with Crippen LogP contribution in [-0.2, 0) is 9.53 Å². The summed E-state index contributed by atoms with van der Waals surface area (Å²) in [5.74, 6) is -0.205. The highest BCUT2D eigenvalue weighted by Gasteiger charge is 2.24. The van der Waals surface area contributed by atoms with E-state index in [1.54, 1.807) is 18.2 Å². The van der Waals surface area contributed by atoms with Crippen molar-refractivity contribution in [2.75, 3.05) is 13.2 Å². The van der Waals surface area contributed by atoms with Crippen molar-refractivity contribution >= 4 is 17.2 Å². The third-order valence-electron chi connectivity index (χ3n) is 4.28. The highest BCUT2D eigenvalue weighted by atomic mass is 32.1. The minimum absolute atomic E-state index is 0.0143. The molecule has 1 aliphatic rings. The number of nitrogens with one attached hydrogen (secondary N) is 1. The van der Waals surface area contributed by atoms with Gasteiger partial charge in [-0.15, -0.1) is 11.3 Å². The summed E-state index contributed by atoms with van der Waals surface area (Å²) in [6.45, 7) is 5.13. The summed E-state index contributed by atoms with van der Waals surface area (Å²) in [5, 5.41) is 3.71. The Morgan fingerprint density at radius 1 is 1.38 bits per heavy atom. The minimum Gasteiger partial charge on any atom is -0.381 e. The molecule has 24 heavy (non-hydrogen) atoms. The average Bonchev–Trinajstić information content (AvgIpc) is 2.97. The maximum absolute atomic E-state index is 14.0. The number of carbonyl (C=O) groups is 1. The Labute approximate surface area is 145 Å². The van der Waals surface area contributed by atoms with Gasteiger partial charge in [-0.1, -0.05) is 12.1 Å². The summed E-state index contributed by atoms with van der Waals surface area (Å²) < 4.78 is 19.3. The zero-order valence-electron chi connectivity index (χ0n) is 13.8. The second kappa shape index (κ2) is 7.40. The van der Waals surface area contributed by atoms with Crippen LogP contribution in [-0.4, -0.2) is 24.1 Å². The maximum Gasteiger partial charge on any atom is 0.223 e. The van der Waals surface area contributed by atoms with Gasteiger partial charge in [-0.2, -0.15) is 0 Å². The number of amides is 1. The van der Waals surface area contributed by atoms with Gasteiger partial charge in [0.15, 0.2) is 0 Å². The van der Waals surface area contributed by atoms with Crippen molar-refractivity contribution in [1.82, 2.24) is 10.3 Å². The largest absolute Gasteiger partial charge is 0.381 e. The third-order valence-corrected chi connectivity index (χ3v) is 5.65. The van der Waals surface area contributed by atoms with Crippen molar-refractivity contribution in [2.45, 2.75) is 32.7 Å². The predicted molar refractivity (Wildman–Crippen MR) is 92.3 cm³/mol. The summed E-state index contributed by atoms with van der Waals surface area (Å²) in [6.07, 6.45) is 1.53. The van der Waals surface area contributed by atoms with E-state index in [1.807, 2.05) is 13.8 Å². The van der Waals surface area contributed by atoms with Crippen LogP contribution in [0.25, 0.3) is 10.6 Å². The van der Waals surface area contributed by atoms with E-state index in [-0.39, 0.29) is 23.7 Å². The van der Waals surface area contributed by atoms with Gasteiger partial charge in [-0.3, -0.25) is 4.79 Å². The Morgan fingerprint density at radius 2 is 2.08 bits per heavy atom. The Bertz CT molecular complexity index is 726. The molecule has 2 heterocycles. The topological polar surface area (TPSA) is 51.2 Å². The first-order chi connectivity index (χ1) is 11.6. The molecule has 1 aliphatic heterocycles. The average molecular weight is 348 g/mol. The molecule has 1 atom stereocenters. The van der Waals surface area contributed by atoms with Gasteiger partial charge in [0.1, 0.15) is 10.8 Å². The van der Waals surface area contributed by atoms with Gasteiger partial charge in [0.2, 0.25) is 5.91 Å². The molecule has 1 aromatic carbocycles. The third kappa shape index (κ3) is 3.65. The molecule has 1 saturated heterocycles. The molecule has 0 aliphatic carbocycles. The molecule has 1 amide bonds. The smallest absolute Gasteiger partial charge is 0.223 e. The first kappa shape index (κ1) is 17.0. The molecule has 3 rings (SSSR count). The Morgan fingerprint density at radius 3 is 2.79 bits per heavy atom. The molecule has 0 spiro atoms. The molecule has 6 heteroatoms. The van der Waals surface area contributed by atoms with E-state index >= 15 is 0 Å². The van der Waals surface area contributed by atoms with Crippen molar-refractivity contribution < 1.29 is 13.9 Å². The van der Waals surface area contributed by atoms with Gasteiger partial charge in [-0.25, -0.2) is 9.37 Å². The molecule has 1 N–H and O–H groups in total. The summed E-state index contributed by atoms with van der Waals surface area (Å²) >= 11 is 1.43. The lowest BCUT2D eigenvalue weighted by molar-refractivity contribution is -0.128. The van der Waals surface area contributed by atoms with Gasteiger partial charge < -0.3 is 10.1 Å². The lowest BCUT2D eigenvalue weighted by atomic mass is 9.99. The molecule has 0 radical (unpaired) electrons. The fourth-order valence-corrected chi connectivity index (χ4v) is 4.01. The number of thiazole rings is 1. The first-order valence-corrected chi connectivity index (χ1v) is 8.98. The van der Waals surface area contributed by atoms with E-state index in [4.69, 9.17) is 4.74 Å². The summed E-state index contributed by atoms with van der Waals surface area (Å²) in [6, 6.07) is 6.48. The van der Waals surface area contributed by atoms with Crippen LogP contribution in [0.4, 0.5) is 4.39 Å². The van der Waals surface area contributed by atoms with E-state index in [0.717, 1.165) is 23.4 Å². The zero-order valence-corrected chi connectivity index (χ0v) is 14.7.